The van der Waals surface area contributed by atoms with Gasteiger partial charge in [0.05, 0.1) is 11.2 Å². The van der Waals surface area contributed by atoms with Crippen molar-refractivity contribution in [2.45, 2.75) is 33.2 Å². The molecule has 0 aliphatic carbocycles. The third-order valence-electron chi connectivity index (χ3n) is 1.77. The van der Waals surface area contributed by atoms with Crippen LogP contribution in [0.15, 0.2) is 0 Å². The summed E-state index contributed by atoms with van der Waals surface area (Å²) in [6.07, 6.45) is 0. The second kappa shape index (κ2) is 2.57. The molecule has 0 fully saturated rings. The fraction of sp³-hybridized carbons (Fsp3) is 0.625. The number of hydrogen-bond acceptors (Lipinski definition) is 3. The zero-order valence-corrected chi connectivity index (χ0v) is 8.25. The maximum absolute atomic E-state index is 5.92. The molecule has 2 nitrogen and oxygen atoms in total. The van der Waals surface area contributed by atoms with Crippen LogP contribution in [0.25, 0.3) is 0 Å². The molecule has 1 aromatic heterocycles. The minimum Gasteiger partial charge on any atom is -0.321 e. The molecule has 62 valence electrons. The summed E-state index contributed by atoms with van der Waals surface area (Å²) in [5, 5.41) is 0. The number of rotatable bonds is 1. The zero-order chi connectivity index (χ0) is 8.65. The van der Waals surface area contributed by atoms with Gasteiger partial charge in [0.25, 0.3) is 0 Å². The van der Waals surface area contributed by atoms with E-state index in [-0.39, 0.29) is 5.54 Å². The Morgan fingerprint density at radius 1 is 1.36 bits per heavy atom. The van der Waals surface area contributed by atoms with Crippen LogP contribution >= 0.6 is 11.5 Å². The van der Waals surface area contributed by atoms with Gasteiger partial charge >= 0.3 is 0 Å². The van der Waals surface area contributed by atoms with Crippen molar-refractivity contribution in [1.29, 1.82) is 0 Å². The highest BCUT2D eigenvalue weighted by atomic mass is 32.1. The highest BCUT2D eigenvalue weighted by molar-refractivity contribution is 7.05. The first-order valence-corrected chi connectivity index (χ1v) is 4.42. The van der Waals surface area contributed by atoms with Crippen molar-refractivity contribution < 1.29 is 0 Å². The summed E-state index contributed by atoms with van der Waals surface area (Å²) < 4.78 is 4.30. The molecule has 0 saturated heterocycles. The smallest absolute Gasteiger partial charge is 0.0766 e. The van der Waals surface area contributed by atoms with Crippen LogP contribution in [0.1, 0.15) is 30.0 Å². The molecule has 0 aromatic carbocycles. The van der Waals surface area contributed by atoms with Crippen LogP contribution in [0.2, 0.25) is 0 Å². The van der Waals surface area contributed by atoms with Crippen LogP contribution in [0.4, 0.5) is 0 Å². The van der Waals surface area contributed by atoms with E-state index in [1.807, 2.05) is 13.8 Å². The number of aromatic nitrogens is 1. The van der Waals surface area contributed by atoms with E-state index in [1.54, 1.807) is 0 Å². The first kappa shape index (κ1) is 8.68. The van der Waals surface area contributed by atoms with Crippen molar-refractivity contribution >= 4 is 11.5 Å². The molecule has 0 bridgehead atoms. The molecule has 1 rings (SSSR count). The second-order valence-corrected chi connectivity index (χ2v) is 4.41. The lowest BCUT2D eigenvalue weighted by atomic mass is 9.98. The molecule has 3 heteroatoms. The van der Waals surface area contributed by atoms with E-state index in [1.165, 1.54) is 22.0 Å². The topological polar surface area (TPSA) is 38.9 Å². The predicted molar refractivity (Wildman–Crippen MR) is 48.8 cm³/mol. The Morgan fingerprint density at radius 2 is 1.91 bits per heavy atom. The maximum atomic E-state index is 5.92. The molecule has 0 amide bonds. The van der Waals surface area contributed by atoms with Crippen LogP contribution in [-0.4, -0.2) is 4.37 Å². The van der Waals surface area contributed by atoms with E-state index >= 15 is 0 Å². The van der Waals surface area contributed by atoms with E-state index in [9.17, 15) is 0 Å². The third-order valence-corrected chi connectivity index (χ3v) is 2.62. The molecule has 0 radical (unpaired) electrons. The van der Waals surface area contributed by atoms with Crippen molar-refractivity contribution in [1.82, 2.24) is 4.37 Å². The summed E-state index contributed by atoms with van der Waals surface area (Å²) in [5.41, 5.74) is 7.88. The van der Waals surface area contributed by atoms with Crippen molar-refractivity contribution in [2.75, 3.05) is 0 Å². The first-order chi connectivity index (χ1) is 4.93. The summed E-state index contributed by atoms with van der Waals surface area (Å²) in [4.78, 5) is 1.26. The molecule has 0 saturated carbocycles. The summed E-state index contributed by atoms with van der Waals surface area (Å²) in [6.45, 7) is 8.11. The largest absolute Gasteiger partial charge is 0.321 e. The van der Waals surface area contributed by atoms with Crippen molar-refractivity contribution in [3.05, 3.63) is 16.1 Å². The lowest BCUT2D eigenvalue weighted by Gasteiger charge is -2.16. The van der Waals surface area contributed by atoms with Crippen LogP contribution in [-0.2, 0) is 5.54 Å². The number of nitrogens with zero attached hydrogens (tertiary/aromatic N) is 1. The van der Waals surface area contributed by atoms with Gasteiger partial charge in [-0.1, -0.05) is 0 Å². The fourth-order valence-electron chi connectivity index (χ4n) is 1.02. The minimum atomic E-state index is -0.297. The predicted octanol–water partition coefficient (Wildman–Crippen LogP) is 1.95. The average molecular weight is 170 g/mol. The second-order valence-electron chi connectivity index (χ2n) is 3.43. The van der Waals surface area contributed by atoms with Gasteiger partial charge in [0.1, 0.15) is 0 Å². The molecule has 1 heterocycles. The van der Waals surface area contributed by atoms with E-state index < -0.39 is 0 Å². The average Bonchev–Trinajstić information content (AvgIpc) is 2.11. The quantitative estimate of drug-likeness (QED) is 0.699. The van der Waals surface area contributed by atoms with E-state index in [4.69, 9.17) is 5.73 Å². The normalized spacial score (nSPS) is 12.1. The Bertz CT molecular complexity index is 258. The zero-order valence-electron chi connectivity index (χ0n) is 7.43. The highest BCUT2D eigenvalue weighted by Crippen LogP contribution is 2.24. The number of nitrogens with two attached hydrogens (primary N) is 1. The fourth-order valence-corrected chi connectivity index (χ4v) is 1.85. The molecule has 0 aliphatic heterocycles. The Balaban J connectivity index is 3.15. The molecule has 0 spiro atoms. The van der Waals surface area contributed by atoms with Gasteiger partial charge in [-0.25, -0.2) is 0 Å². The van der Waals surface area contributed by atoms with Gasteiger partial charge in [0, 0.05) is 4.88 Å². The van der Waals surface area contributed by atoms with Gasteiger partial charge in [0.2, 0.25) is 0 Å². The lowest BCUT2D eigenvalue weighted by Crippen LogP contribution is -2.29. The molecule has 0 aliphatic rings. The first-order valence-electron chi connectivity index (χ1n) is 3.65. The van der Waals surface area contributed by atoms with Crippen LogP contribution in [0.5, 0.6) is 0 Å². The highest BCUT2D eigenvalue weighted by Gasteiger charge is 2.20. The van der Waals surface area contributed by atoms with Gasteiger partial charge in [0.15, 0.2) is 0 Å². The molecule has 11 heavy (non-hydrogen) atoms. The third kappa shape index (κ3) is 1.60. The Hall–Kier alpha value is -0.410. The van der Waals surface area contributed by atoms with E-state index in [0.29, 0.717) is 0 Å². The van der Waals surface area contributed by atoms with Gasteiger partial charge < -0.3 is 5.73 Å². The number of hydrogen-bond donors (Lipinski definition) is 1. The van der Waals surface area contributed by atoms with Gasteiger partial charge in [-0.3, -0.25) is 0 Å². The van der Waals surface area contributed by atoms with Gasteiger partial charge in [-0.05, 0) is 44.8 Å². The van der Waals surface area contributed by atoms with Crippen molar-refractivity contribution in [2.24, 2.45) is 5.73 Å². The van der Waals surface area contributed by atoms with Gasteiger partial charge in [-0.2, -0.15) is 4.37 Å². The van der Waals surface area contributed by atoms with Crippen LogP contribution < -0.4 is 5.73 Å². The summed E-state index contributed by atoms with van der Waals surface area (Å²) in [7, 11) is 0. The molecular weight excluding hydrogens is 156 g/mol. The molecule has 0 atom stereocenters. The van der Waals surface area contributed by atoms with Crippen LogP contribution in [0, 0.1) is 13.8 Å². The van der Waals surface area contributed by atoms with Crippen molar-refractivity contribution in [3.8, 4) is 0 Å². The Kier molecular flexibility index (Phi) is 2.03. The van der Waals surface area contributed by atoms with E-state index in [0.717, 1.165) is 5.69 Å². The Labute approximate surface area is 71.6 Å². The van der Waals surface area contributed by atoms with Crippen LogP contribution in [0.3, 0.4) is 0 Å². The molecule has 2 N–H and O–H groups in total. The molecule has 0 unspecified atom stereocenters. The minimum absolute atomic E-state index is 0.297. The summed E-state index contributed by atoms with van der Waals surface area (Å²) in [6, 6.07) is 0. The summed E-state index contributed by atoms with van der Waals surface area (Å²) >= 11 is 1.53. The lowest BCUT2D eigenvalue weighted by molar-refractivity contribution is 0.537. The van der Waals surface area contributed by atoms with Crippen molar-refractivity contribution in [3.63, 3.8) is 0 Å². The van der Waals surface area contributed by atoms with Gasteiger partial charge in [-0.15, -0.1) is 0 Å². The SMILES string of the molecule is Cc1snc(C(C)(C)N)c1C. The monoisotopic (exact) mass is 170 g/mol. The molecular formula is C8H14N2S. The Morgan fingerprint density at radius 3 is 2.09 bits per heavy atom. The number of aryl methyl sites for hydroxylation is 1. The molecule has 1 aromatic rings. The summed E-state index contributed by atoms with van der Waals surface area (Å²) in [5.74, 6) is 0. The maximum Gasteiger partial charge on any atom is 0.0766 e. The standard InChI is InChI=1S/C8H14N2S/c1-5-6(2)11-10-7(5)8(3,4)9/h9H2,1-4H3. The van der Waals surface area contributed by atoms with E-state index in [2.05, 4.69) is 18.2 Å².